The molecule has 0 bridgehead atoms. The summed E-state index contributed by atoms with van der Waals surface area (Å²) in [7, 11) is -9.55. The fraction of sp³-hybridized carbons (Fsp3) is 0.118. The Morgan fingerprint density at radius 2 is 1.61 bits per heavy atom. The molecule has 15 nitrogen and oxygen atoms in total. The lowest BCUT2D eigenvalue weighted by Crippen LogP contribution is -2.40. The second-order valence-electron chi connectivity index (χ2n) is 11.5. The SMILES string of the molecule is CCOc1cc(-c2ccc(N/N=C3/C(=O)C4=CC(N)C=CC4=CC3S(=O)(=O)O)cc2)ccc1N/N=C1\C(=O)c2cc(N)ccc2C=C1S(=O)(=O)O. The van der Waals surface area contributed by atoms with Gasteiger partial charge in [0.05, 0.1) is 18.0 Å². The molecule has 0 saturated carbocycles. The van der Waals surface area contributed by atoms with E-state index >= 15 is 0 Å². The lowest BCUT2D eigenvalue weighted by Gasteiger charge is -2.24. The largest absolute Gasteiger partial charge is 0.492 e. The fourth-order valence-corrected chi connectivity index (χ4v) is 6.97. The van der Waals surface area contributed by atoms with Gasteiger partial charge in [-0.15, -0.1) is 0 Å². The predicted octanol–water partition coefficient (Wildman–Crippen LogP) is 3.58. The highest BCUT2D eigenvalue weighted by molar-refractivity contribution is 7.91. The smallest absolute Gasteiger partial charge is 0.296 e. The number of nitrogens with zero attached hydrogens (tertiary/aromatic N) is 2. The number of Topliss-reactive ketones (excluding diaryl/α,β-unsaturated/α-hetero) is 2. The van der Waals surface area contributed by atoms with Gasteiger partial charge in [-0.3, -0.25) is 29.5 Å². The van der Waals surface area contributed by atoms with Crippen LogP contribution >= 0.6 is 0 Å². The summed E-state index contributed by atoms with van der Waals surface area (Å²) in [5, 5.41) is 6.42. The third-order valence-electron chi connectivity index (χ3n) is 7.99. The Balaban J connectivity index is 1.25. The van der Waals surface area contributed by atoms with Gasteiger partial charge in [-0.2, -0.15) is 27.0 Å². The van der Waals surface area contributed by atoms with Crippen LogP contribution in [0.25, 0.3) is 17.2 Å². The van der Waals surface area contributed by atoms with Crippen molar-refractivity contribution in [2.45, 2.75) is 18.2 Å². The summed E-state index contributed by atoms with van der Waals surface area (Å²) in [4.78, 5) is 25.7. The number of hydrogen-bond acceptors (Lipinski definition) is 13. The van der Waals surface area contributed by atoms with Crippen LogP contribution in [-0.4, -0.2) is 66.8 Å². The zero-order chi connectivity index (χ0) is 36.7. The topological polar surface area (TPSA) is 253 Å². The van der Waals surface area contributed by atoms with Crippen LogP contribution in [0.4, 0.5) is 17.1 Å². The average molecular weight is 731 g/mol. The Bertz CT molecular complexity index is 2400. The number of fused-ring (bicyclic) bond motifs is 2. The lowest BCUT2D eigenvalue weighted by atomic mass is 9.86. The first kappa shape index (κ1) is 35.1. The zero-order valence-corrected chi connectivity index (χ0v) is 28.3. The van der Waals surface area contributed by atoms with Crippen molar-refractivity contribution < 1.29 is 40.3 Å². The van der Waals surface area contributed by atoms with Crippen molar-refractivity contribution in [3.05, 3.63) is 112 Å². The number of nitrogen functional groups attached to an aromatic ring is 1. The minimum absolute atomic E-state index is 0.117. The molecule has 262 valence electrons. The summed E-state index contributed by atoms with van der Waals surface area (Å²) in [6.07, 6.45) is 6.98. The summed E-state index contributed by atoms with van der Waals surface area (Å²) >= 11 is 0. The van der Waals surface area contributed by atoms with E-state index in [2.05, 4.69) is 21.1 Å². The Kier molecular flexibility index (Phi) is 9.32. The van der Waals surface area contributed by atoms with Crippen molar-refractivity contribution >= 4 is 66.4 Å². The van der Waals surface area contributed by atoms with Crippen molar-refractivity contribution in [2.75, 3.05) is 23.2 Å². The number of benzene rings is 3. The van der Waals surface area contributed by atoms with Crippen LogP contribution in [0.1, 0.15) is 22.8 Å². The number of allylic oxidation sites excluding steroid dienone is 4. The minimum Gasteiger partial charge on any atom is -0.492 e. The Morgan fingerprint density at radius 3 is 2.29 bits per heavy atom. The van der Waals surface area contributed by atoms with Gasteiger partial charge in [-0.1, -0.05) is 42.5 Å². The molecule has 0 spiro atoms. The molecule has 0 fully saturated rings. The van der Waals surface area contributed by atoms with Gasteiger partial charge in [-0.05, 0) is 77.7 Å². The lowest BCUT2D eigenvalue weighted by molar-refractivity contribution is -0.109. The van der Waals surface area contributed by atoms with Crippen LogP contribution in [0, 0.1) is 0 Å². The first-order valence-corrected chi connectivity index (χ1v) is 18.2. The zero-order valence-electron chi connectivity index (χ0n) is 26.6. The number of ether oxygens (including phenoxy) is 1. The van der Waals surface area contributed by atoms with E-state index in [0.29, 0.717) is 28.1 Å². The van der Waals surface area contributed by atoms with Crippen molar-refractivity contribution in [1.29, 1.82) is 0 Å². The molecular formula is C34H30N6O9S2. The van der Waals surface area contributed by atoms with Gasteiger partial charge in [0.15, 0.2) is 11.0 Å². The van der Waals surface area contributed by atoms with Gasteiger partial charge in [0, 0.05) is 22.9 Å². The first-order valence-electron chi connectivity index (χ1n) is 15.2. The van der Waals surface area contributed by atoms with E-state index in [1.807, 2.05) is 0 Å². The maximum atomic E-state index is 13.3. The third-order valence-corrected chi connectivity index (χ3v) is 9.86. The molecule has 3 aliphatic carbocycles. The second kappa shape index (κ2) is 13.5. The van der Waals surface area contributed by atoms with Crippen LogP contribution in [0.15, 0.2) is 111 Å². The molecule has 0 heterocycles. The number of carbonyl (C=O) groups is 2. The first-order chi connectivity index (χ1) is 24.1. The summed E-state index contributed by atoms with van der Waals surface area (Å²) in [5.41, 5.74) is 19.4. The van der Waals surface area contributed by atoms with E-state index in [1.54, 1.807) is 55.5 Å². The summed E-state index contributed by atoms with van der Waals surface area (Å²) in [6, 6.07) is 15.5. The normalized spacial score (nSPS) is 20.3. The minimum atomic E-state index is -4.83. The molecule has 8 N–H and O–H groups in total. The van der Waals surface area contributed by atoms with E-state index in [9.17, 15) is 35.5 Å². The monoisotopic (exact) mass is 730 g/mol. The Labute approximate surface area is 292 Å². The van der Waals surface area contributed by atoms with Crippen molar-refractivity contribution in [2.24, 2.45) is 15.9 Å². The molecule has 0 amide bonds. The van der Waals surface area contributed by atoms with Crippen molar-refractivity contribution in [1.82, 2.24) is 0 Å². The number of hydrogen-bond donors (Lipinski definition) is 6. The van der Waals surface area contributed by atoms with Crippen LogP contribution in [0.3, 0.4) is 0 Å². The Hall–Kier alpha value is -5.72. The van der Waals surface area contributed by atoms with Crippen molar-refractivity contribution in [3.8, 4) is 16.9 Å². The summed E-state index contributed by atoms with van der Waals surface area (Å²) < 4.78 is 74.1. The molecule has 2 unspecified atom stereocenters. The number of carbonyl (C=O) groups excluding carboxylic acids is 2. The molecule has 0 aromatic heterocycles. The van der Waals surface area contributed by atoms with Gasteiger partial charge in [0.1, 0.15) is 16.4 Å². The molecule has 3 aromatic rings. The number of nitrogens with two attached hydrogens (primary N) is 2. The van der Waals surface area contributed by atoms with Gasteiger partial charge in [-0.25, -0.2) is 0 Å². The summed E-state index contributed by atoms with van der Waals surface area (Å²) in [5.74, 6) is -1.14. The van der Waals surface area contributed by atoms with Crippen LogP contribution < -0.4 is 27.1 Å². The van der Waals surface area contributed by atoms with Gasteiger partial charge >= 0.3 is 0 Å². The van der Waals surface area contributed by atoms with Crippen LogP contribution in [0.2, 0.25) is 0 Å². The fourth-order valence-electron chi connectivity index (χ4n) is 5.55. The predicted molar refractivity (Wildman–Crippen MR) is 193 cm³/mol. The van der Waals surface area contributed by atoms with Crippen molar-refractivity contribution in [3.63, 3.8) is 0 Å². The molecule has 6 rings (SSSR count). The summed E-state index contributed by atoms with van der Waals surface area (Å²) in [6.45, 7) is 2.00. The van der Waals surface area contributed by atoms with E-state index in [1.165, 1.54) is 36.4 Å². The third kappa shape index (κ3) is 7.28. The van der Waals surface area contributed by atoms with Gasteiger partial charge < -0.3 is 16.2 Å². The van der Waals surface area contributed by atoms with E-state index < -0.39 is 59.4 Å². The van der Waals surface area contributed by atoms with Crippen LogP contribution in [0.5, 0.6) is 5.75 Å². The Morgan fingerprint density at radius 1 is 0.882 bits per heavy atom. The number of rotatable bonds is 9. The molecule has 3 aliphatic rings. The number of anilines is 3. The highest BCUT2D eigenvalue weighted by Gasteiger charge is 2.39. The van der Waals surface area contributed by atoms with Gasteiger partial charge in [0.2, 0.25) is 11.6 Å². The molecule has 0 saturated heterocycles. The highest BCUT2D eigenvalue weighted by atomic mass is 32.2. The quantitative estimate of drug-likeness (QED) is 0.105. The molecular weight excluding hydrogens is 701 g/mol. The molecule has 17 heteroatoms. The maximum Gasteiger partial charge on any atom is 0.296 e. The number of hydrazone groups is 2. The molecule has 2 atom stereocenters. The average Bonchev–Trinajstić information content (AvgIpc) is 3.07. The van der Waals surface area contributed by atoms with E-state index in [4.69, 9.17) is 16.2 Å². The van der Waals surface area contributed by atoms with Crippen LogP contribution in [-0.2, 0) is 25.0 Å². The molecule has 3 aromatic carbocycles. The van der Waals surface area contributed by atoms with E-state index in [-0.39, 0.29) is 34.7 Å². The van der Waals surface area contributed by atoms with Gasteiger partial charge in [0.25, 0.3) is 20.2 Å². The molecule has 0 aliphatic heterocycles. The maximum absolute atomic E-state index is 13.3. The highest BCUT2D eigenvalue weighted by Crippen LogP contribution is 2.33. The second-order valence-corrected chi connectivity index (χ2v) is 14.4. The standard InChI is InChI=1S/C34H30N6O9S2/c1-2-49-28-13-19(7-12-27(28)38-40-32-30(51(46,47)48)15-21-4-9-23(36)17-26(21)34(32)42)18-5-10-24(11-6-18)37-39-31-29(50(43,44)45)14-20-3-8-22(35)16-25(20)33(31)41/h3-17,22,29,37-38H,2,35-36H2,1H3,(H,43,44,45)(H,46,47,48)/b39-31+,40-32-. The molecule has 0 radical (unpaired) electrons. The number of nitrogens with one attached hydrogen (secondary N) is 2. The number of ketones is 2. The molecule has 51 heavy (non-hydrogen) atoms. The van der Waals surface area contributed by atoms with E-state index in [0.717, 1.165) is 6.08 Å².